The van der Waals surface area contributed by atoms with Crippen molar-refractivity contribution in [2.45, 2.75) is 25.4 Å². The molecule has 1 rings (SSSR count). The Kier molecular flexibility index (Phi) is 3.06. The Labute approximate surface area is 74.8 Å². The summed E-state index contributed by atoms with van der Waals surface area (Å²) < 4.78 is 41.8. The lowest BCUT2D eigenvalue weighted by Crippen LogP contribution is -2.27. The van der Waals surface area contributed by atoms with Crippen molar-refractivity contribution >= 4 is 0 Å². The maximum absolute atomic E-state index is 12.4. The minimum atomic E-state index is -4.32. The Bertz CT molecular complexity index is 210. The normalized spacial score (nSPS) is 19.4. The smallest absolute Gasteiger partial charge is 0.434 e. The first kappa shape index (κ1) is 10.2. The molecule has 0 unspecified atom stereocenters. The van der Waals surface area contributed by atoms with Crippen LogP contribution in [-0.4, -0.2) is 19.8 Å². The number of halogens is 3. The first-order valence-electron chi connectivity index (χ1n) is 4.14. The van der Waals surface area contributed by atoms with Crippen molar-refractivity contribution in [2.75, 3.05) is 13.7 Å². The molecule has 1 heterocycles. The highest BCUT2D eigenvalue weighted by Crippen LogP contribution is 2.29. The van der Waals surface area contributed by atoms with Gasteiger partial charge in [-0.3, -0.25) is 0 Å². The standard InChI is InChI=1S/C8H12F3NO/c1-13-6-4-2-3-5-12-7(6)8(9,10)11/h12H,2-5H2,1H3. The molecule has 0 atom stereocenters. The van der Waals surface area contributed by atoms with Crippen molar-refractivity contribution in [1.29, 1.82) is 0 Å². The zero-order valence-corrected chi connectivity index (χ0v) is 7.37. The molecule has 0 spiro atoms. The number of allylic oxidation sites excluding steroid dienone is 2. The van der Waals surface area contributed by atoms with Crippen molar-refractivity contribution < 1.29 is 17.9 Å². The fourth-order valence-corrected chi connectivity index (χ4v) is 1.31. The van der Waals surface area contributed by atoms with Crippen molar-refractivity contribution in [2.24, 2.45) is 0 Å². The van der Waals surface area contributed by atoms with E-state index in [4.69, 9.17) is 4.74 Å². The van der Waals surface area contributed by atoms with Gasteiger partial charge in [0.2, 0.25) is 0 Å². The van der Waals surface area contributed by atoms with Gasteiger partial charge in [0.1, 0.15) is 5.76 Å². The quantitative estimate of drug-likeness (QED) is 0.692. The second kappa shape index (κ2) is 3.89. The van der Waals surface area contributed by atoms with Crippen molar-refractivity contribution in [3.05, 3.63) is 11.5 Å². The molecule has 1 N–H and O–H groups in total. The number of rotatable bonds is 1. The maximum atomic E-state index is 12.4. The highest BCUT2D eigenvalue weighted by atomic mass is 19.4. The molecular formula is C8H12F3NO. The maximum Gasteiger partial charge on any atom is 0.434 e. The first-order valence-corrected chi connectivity index (χ1v) is 4.14. The van der Waals surface area contributed by atoms with Gasteiger partial charge >= 0.3 is 6.18 Å². The monoisotopic (exact) mass is 195 g/mol. The lowest BCUT2D eigenvalue weighted by Gasteiger charge is -2.15. The van der Waals surface area contributed by atoms with Crippen LogP contribution in [0.5, 0.6) is 0 Å². The highest BCUT2D eigenvalue weighted by Gasteiger charge is 2.37. The fraction of sp³-hybridized carbons (Fsp3) is 0.750. The number of ether oxygens (including phenoxy) is 1. The van der Waals surface area contributed by atoms with Crippen LogP contribution in [0.4, 0.5) is 13.2 Å². The Hall–Kier alpha value is -0.870. The molecule has 0 aromatic heterocycles. The summed E-state index contributed by atoms with van der Waals surface area (Å²) in [5.74, 6) is 0.0185. The molecule has 0 saturated heterocycles. The molecule has 1 aliphatic heterocycles. The molecule has 0 bridgehead atoms. The SMILES string of the molecule is COC1=C(C(F)(F)F)NCCCC1. The molecular weight excluding hydrogens is 183 g/mol. The van der Waals surface area contributed by atoms with E-state index in [0.717, 1.165) is 12.8 Å². The van der Waals surface area contributed by atoms with Crippen LogP contribution in [0.15, 0.2) is 11.5 Å². The van der Waals surface area contributed by atoms with Gasteiger partial charge in [0.25, 0.3) is 0 Å². The van der Waals surface area contributed by atoms with E-state index in [0.29, 0.717) is 13.0 Å². The van der Waals surface area contributed by atoms with Crippen molar-refractivity contribution in [3.8, 4) is 0 Å². The van der Waals surface area contributed by atoms with Crippen LogP contribution in [-0.2, 0) is 4.74 Å². The van der Waals surface area contributed by atoms with E-state index < -0.39 is 11.9 Å². The predicted molar refractivity (Wildman–Crippen MR) is 41.9 cm³/mol. The summed E-state index contributed by atoms with van der Waals surface area (Å²) in [6.07, 6.45) is -2.49. The van der Waals surface area contributed by atoms with Crippen molar-refractivity contribution in [3.63, 3.8) is 0 Å². The molecule has 0 aromatic rings. The van der Waals surface area contributed by atoms with Gasteiger partial charge in [0, 0.05) is 13.0 Å². The van der Waals surface area contributed by atoms with Gasteiger partial charge in [0.05, 0.1) is 7.11 Å². The van der Waals surface area contributed by atoms with E-state index in [-0.39, 0.29) is 5.76 Å². The summed E-state index contributed by atoms with van der Waals surface area (Å²) in [7, 11) is 1.27. The van der Waals surface area contributed by atoms with Gasteiger partial charge in [-0.15, -0.1) is 0 Å². The van der Waals surface area contributed by atoms with Gasteiger partial charge < -0.3 is 10.1 Å². The summed E-state index contributed by atoms with van der Waals surface area (Å²) in [6.45, 7) is 0.363. The summed E-state index contributed by atoms with van der Waals surface area (Å²) in [5.41, 5.74) is -0.715. The van der Waals surface area contributed by atoms with E-state index in [1.54, 1.807) is 0 Å². The van der Waals surface area contributed by atoms with Crippen LogP contribution in [0.2, 0.25) is 0 Å². The average molecular weight is 195 g/mol. The van der Waals surface area contributed by atoms with Gasteiger partial charge in [-0.2, -0.15) is 13.2 Å². The van der Waals surface area contributed by atoms with Gasteiger partial charge in [-0.1, -0.05) is 0 Å². The summed E-state index contributed by atoms with van der Waals surface area (Å²) in [5, 5.41) is 2.35. The second-order valence-electron chi connectivity index (χ2n) is 2.88. The zero-order chi connectivity index (χ0) is 9.90. The van der Waals surface area contributed by atoms with Gasteiger partial charge in [0.15, 0.2) is 5.70 Å². The lowest BCUT2D eigenvalue weighted by molar-refractivity contribution is -0.100. The molecule has 0 radical (unpaired) electrons. The number of alkyl halides is 3. The first-order chi connectivity index (χ1) is 6.05. The Morgan fingerprint density at radius 2 is 2.00 bits per heavy atom. The minimum Gasteiger partial charge on any atom is -0.499 e. The third-order valence-electron chi connectivity index (χ3n) is 1.94. The lowest BCUT2D eigenvalue weighted by atomic mass is 10.2. The summed E-state index contributed by atoms with van der Waals surface area (Å²) >= 11 is 0. The molecule has 76 valence electrons. The number of hydrogen-bond donors (Lipinski definition) is 1. The number of nitrogens with one attached hydrogen (secondary N) is 1. The van der Waals surface area contributed by atoms with Crippen LogP contribution >= 0.6 is 0 Å². The van der Waals surface area contributed by atoms with E-state index >= 15 is 0 Å². The van der Waals surface area contributed by atoms with Crippen molar-refractivity contribution in [1.82, 2.24) is 5.32 Å². The molecule has 2 nitrogen and oxygen atoms in total. The van der Waals surface area contributed by atoms with E-state index in [1.165, 1.54) is 7.11 Å². The largest absolute Gasteiger partial charge is 0.499 e. The summed E-state index contributed by atoms with van der Waals surface area (Å²) in [4.78, 5) is 0. The molecule has 0 aromatic carbocycles. The van der Waals surface area contributed by atoms with E-state index in [1.807, 2.05) is 0 Å². The minimum absolute atomic E-state index is 0.0185. The second-order valence-corrected chi connectivity index (χ2v) is 2.88. The van der Waals surface area contributed by atoms with Crippen LogP contribution in [0.3, 0.4) is 0 Å². The number of methoxy groups -OCH3 is 1. The topological polar surface area (TPSA) is 21.3 Å². The third kappa shape index (κ3) is 2.54. The third-order valence-corrected chi connectivity index (χ3v) is 1.94. The van der Waals surface area contributed by atoms with Crippen LogP contribution in [0.1, 0.15) is 19.3 Å². The van der Waals surface area contributed by atoms with Crippen LogP contribution in [0, 0.1) is 0 Å². The Morgan fingerprint density at radius 1 is 1.31 bits per heavy atom. The fourth-order valence-electron chi connectivity index (χ4n) is 1.31. The Morgan fingerprint density at radius 3 is 2.54 bits per heavy atom. The average Bonchev–Trinajstić information content (AvgIpc) is 2.26. The van der Waals surface area contributed by atoms with Crippen LogP contribution in [0.25, 0.3) is 0 Å². The molecule has 0 saturated carbocycles. The molecule has 0 amide bonds. The molecule has 5 heteroatoms. The highest BCUT2D eigenvalue weighted by molar-refractivity contribution is 5.13. The Balaban J connectivity index is 2.89. The molecule has 0 fully saturated rings. The van der Waals surface area contributed by atoms with Crippen LogP contribution < -0.4 is 5.32 Å². The van der Waals surface area contributed by atoms with Gasteiger partial charge in [-0.05, 0) is 12.8 Å². The zero-order valence-electron chi connectivity index (χ0n) is 7.37. The van der Waals surface area contributed by atoms with E-state index in [2.05, 4.69) is 5.32 Å². The molecule has 1 aliphatic rings. The molecule has 13 heavy (non-hydrogen) atoms. The number of hydrogen-bond acceptors (Lipinski definition) is 2. The van der Waals surface area contributed by atoms with E-state index in [9.17, 15) is 13.2 Å². The molecule has 0 aliphatic carbocycles. The predicted octanol–water partition coefficient (Wildman–Crippen LogP) is 2.18. The summed E-state index contributed by atoms with van der Waals surface area (Å²) in [6, 6.07) is 0. The van der Waals surface area contributed by atoms with Gasteiger partial charge in [-0.25, -0.2) is 0 Å².